The number of carbonyl (C=O) groups is 2. The van der Waals surface area contributed by atoms with E-state index < -0.39 is 48.7 Å². The number of para-hydroxylation sites is 1. The van der Waals surface area contributed by atoms with Gasteiger partial charge in [-0.2, -0.15) is 13.2 Å². The number of rotatable bonds is 8. The van der Waals surface area contributed by atoms with Crippen LogP contribution in [0.4, 0.5) is 13.2 Å². The molecule has 0 radical (unpaired) electrons. The summed E-state index contributed by atoms with van der Waals surface area (Å²) >= 11 is 2.02. The lowest BCUT2D eigenvalue weighted by molar-refractivity contribution is -0.173. The molecule has 0 spiro atoms. The number of carbonyl (C=O) groups excluding carboxylic acids is 2. The molecule has 11 heteroatoms. The molecule has 176 valence electrons. The maximum atomic E-state index is 13.3. The molecule has 2 amide bonds. The Kier molecular flexibility index (Phi) is 8.04. The van der Waals surface area contributed by atoms with E-state index in [-0.39, 0.29) is 25.1 Å². The van der Waals surface area contributed by atoms with E-state index in [0.29, 0.717) is 27.1 Å². The molecule has 7 nitrogen and oxygen atoms in total. The summed E-state index contributed by atoms with van der Waals surface area (Å²) in [5, 5.41) is 22.4. The second-order valence-corrected chi connectivity index (χ2v) is 8.96. The molecule has 32 heavy (non-hydrogen) atoms. The van der Waals surface area contributed by atoms with Crippen LogP contribution in [0, 0.1) is 9.49 Å². The average molecular weight is 568 g/mol. The summed E-state index contributed by atoms with van der Waals surface area (Å²) in [5.74, 6) is -1.40. The van der Waals surface area contributed by atoms with Crippen molar-refractivity contribution in [3.8, 4) is 5.75 Å². The van der Waals surface area contributed by atoms with Gasteiger partial charge in [0, 0.05) is 24.5 Å². The summed E-state index contributed by atoms with van der Waals surface area (Å²) in [6.45, 7) is -1.88. The average Bonchev–Trinajstić information content (AvgIpc) is 3.57. The Morgan fingerprint density at radius 2 is 1.94 bits per heavy atom. The monoisotopic (exact) mass is 568 g/mol. The molecule has 3 atom stereocenters. The number of hydrogen-bond acceptors (Lipinski definition) is 5. The first-order valence-electron chi connectivity index (χ1n) is 10.2. The molecule has 0 heterocycles. The first-order valence-corrected chi connectivity index (χ1v) is 11.2. The molecule has 0 aromatic heterocycles. The van der Waals surface area contributed by atoms with Crippen molar-refractivity contribution >= 4 is 34.4 Å². The molecule has 2 aliphatic carbocycles. The van der Waals surface area contributed by atoms with Crippen molar-refractivity contribution in [1.29, 1.82) is 0 Å². The largest absolute Gasteiger partial charge is 0.482 e. The summed E-state index contributed by atoms with van der Waals surface area (Å²) in [6, 6.07) is 5.58. The molecular formula is C21H24F3IN2O5. The molecular weight excluding hydrogens is 544 g/mol. The van der Waals surface area contributed by atoms with Crippen molar-refractivity contribution < 1.29 is 37.7 Å². The summed E-state index contributed by atoms with van der Waals surface area (Å²) in [6.07, 6.45) is -5.21. The number of hydrogen-bond donors (Lipinski definition) is 3. The lowest BCUT2D eigenvalue weighted by Gasteiger charge is -2.40. The quantitative estimate of drug-likeness (QED) is 0.417. The minimum Gasteiger partial charge on any atom is -0.482 e. The number of nitrogens with zero attached hydrogens (tertiary/aromatic N) is 1. The number of halogens is 4. The molecule has 3 unspecified atom stereocenters. The Bertz CT molecular complexity index is 875. The highest BCUT2D eigenvalue weighted by molar-refractivity contribution is 14.1. The van der Waals surface area contributed by atoms with Crippen molar-refractivity contribution in [2.45, 2.75) is 43.7 Å². The fourth-order valence-electron chi connectivity index (χ4n) is 3.58. The highest BCUT2D eigenvalue weighted by Gasteiger charge is 2.47. The molecule has 2 aliphatic rings. The number of aliphatic hydroxyl groups excluding tert-OH is 2. The van der Waals surface area contributed by atoms with Crippen LogP contribution < -0.4 is 10.1 Å². The van der Waals surface area contributed by atoms with Gasteiger partial charge in [0.1, 0.15) is 24.5 Å². The first kappa shape index (κ1) is 24.8. The molecule has 0 bridgehead atoms. The van der Waals surface area contributed by atoms with Gasteiger partial charge >= 0.3 is 6.18 Å². The topological polar surface area (TPSA) is 99.1 Å². The molecule has 3 rings (SSSR count). The van der Waals surface area contributed by atoms with Crippen molar-refractivity contribution in [3.05, 3.63) is 39.5 Å². The van der Waals surface area contributed by atoms with Crippen LogP contribution in [0.15, 0.2) is 35.9 Å². The maximum Gasteiger partial charge on any atom is 0.406 e. The Morgan fingerprint density at radius 1 is 1.25 bits per heavy atom. The van der Waals surface area contributed by atoms with Gasteiger partial charge in [0.15, 0.2) is 0 Å². The molecule has 1 aromatic rings. The number of alkyl halides is 3. The fourth-order valence-corrected chi connectivity index (χ4v) is 4.10. The van der Waals surface area contributed by atoms with Crippen LogP contribution in [0.2, 0.25) is 0 Å². The van der Waals surface area contributed by atoms with Gasteiger partial charge in [-0.1, -0.05) is 12.1 Å². The van der Waals surface area contributed by atoms with E-state index in [1.54, 1.807) is 24.3 Å². The highest BCUT2D eigenvalue weighted by atomic mass is 127. The van der Waals surface area contributed by atoms with E-state index in [1.165, 1.54) is 6.08 Å². The minimum atomic E-state index is -4.67. The zero-order valence-electron chi connectivity index (χ0n) is 17.0. The van der Waals surface area contributed by atoms with Gasteiger partial charge in [-0.15, -0.1) is 0 Å². The van der Waals surface area contributed by atoms with Crippen molar-refractivity contribution in [2.75, 3.05) is 19.7 Å². The molecule has 1 aromatic carbocycles. The van der Waals surface area contributed by atoms with E-state index >= 15 is 0 Å². The number of amides is 2. The zero-order valence-corrected chi connectivity index (χ0v) is 19.2. The molecule has 0 aliphatic heterocycles. The van der Waals surface area contributed by atoms with Crippen LogP contribution in [-0.4, -0.2) is 71.0 Å². The van der Waals surface area contributed by atoms with E-state index in [4.69, 9.17) is 9.84 Å². The third-order valence-electron chi connectivity index (χ3n) is 5.27. The van der Waals surface area contributed by atoms with E-state index in [2.05, 4.69) is 5.32 Å². The highest BCUT2D eigenvalue weighted by Crippen LogP contribution is 2.36. The minimum absolute atomic E-state index is 0.0429. The predicted octanol–water partition coefficient (Wildman–Crippen LogP) is 2.01. The van der Waals surface area contributed by atoms with Crippen molar-refractivity contribution in [2.24, 2.45) is 5.92 Å². The lowest BCUT2D eigenvalue weighted by Crippen LogP contribution is -2.57. The van der Waals surface area contributed by atoms with Crippen molar-refractivity contribution in [1.82, 2.24) is 10.2 Å². The normalized spacial score (nSPS) is 23.3. The Labute approximate surface area is 196 Å². The van der Waals surface area contributed by atoms with E-state index in [1.807, 2.05) is 22.6 Å². The van der Waals surface area contributed by atoms with Gasteiger partial charge in [-0.05, 0) is 53.6 Å². The Morgan fingerprint density at radius 3 is 2.53 bits per heavy atom. The molecule has 1 saturated carbocycles. The maximum absolute atomic E-state index is 13.3. The fraction of sp³-hybridized carbons (Fsp3) is 0.524. The zero-order chi connectivity index (χ0) is 23.5. The molecule has 0 saturated heterocycles. The van der Waals surface area contributed by atoms with Gasteiger partial charge in [0.05, 0.1) is 16.2 Å². The second-order valence-electron chi connectivity index (χ2n) is 7.80. The summed E-state index contributed by atoms with van der Waals surface area (Å²) in [7, 11) is 0. The second kappa shape index (κ2) is 10.4. The Balaban J connectivity index is 1.93. The van der Waals surface area contributed by atoms with Crippen LogP contribution in [0.5, 0.6) is 5.75 Å². The molecule has 1 fully saturated rings. The van der Waals surface area contributed by atoms with Gasteiger partial charge < -0.3 is 25.2 Å². The predicted molar refractivity (Wildman–Crippen MR) is 117 cm³/mol. The van der Waals surface area contributed by atoms with E-state index in [0.717, 1.165) is 0 Å². The van der Waals surface area contributed by atoms with Crippen LogP contribution >= 0.6 is 22.6 Å². The smallest absolute Gasteiger partial charge is 0.406 e. The van der Waals surface area contributed by atoms with Crippen LogP contribution in [-0.2, 0) is 9.59 Å². The summed E-state index contributed by atoms with van der Waals surface area (Å²) in [5.41, 5.74) is 0.0838. The standard InChI is InChI=1S/C21H24F3IN2O5/c22-21(23,24)11-27(20(31)12-5-6-12)15-9-13(19(30)26-7-8-28)10-17(18(15)29)32-16-4-2-1-3-14(16)25/h1-4,10,12,15,17-18,28-29H,5-9,11H2,(H,26,30). The third-order valence-corrected chi connectivity index (χ3v) is 6.16. The number of aliphatic hydroxyl groups is 2. The first-order chi connectivity index (χ1) is 15.1. The van der Waals surface area contributed by atoms with Gasteiger partial charge in [0.2, 0.25) is 11.8 Å². The lowest BCUT2D eigenvalue weighted by atomic mass is 9.88. The van der Waals surface area contributed by atoms with Crippen LogP contribution in [0.25, 0.3) is 0 Å². The third kappa shape index (κ3) is 6.35. The van der Waals surface area contributed by atoms with E-state index in [9.17, 15) is 27.9 Å². The number of nitrogens with one attached hydrogen (secondary N) is 1. The van der Waals surface area contributed by atoms with Gasteiger partial charge in [0.25, 0.3) is 0 Å². The number of benzene rings is 1. The summed E-state index contributed by atoms with van der Waals surface area (Å²) < 4.78 is 46.5. The number of ether oxygens (including phenoxy) is 1. The van der Waals surface area contributed by atoms with Crippen LogP contribution in [0.3, 0.4) is 0 Å². The van der Waals surface area contributed by atoms with Gasteiger partial charge in [-0.25, -0.2) is 0 Å². The van der Waals surface area contributed by atoms with Crippen molar-refractivity contribution in [3.63, 3.8) is 0 Å². The van der Waals surface area contributed by atoms with Gasteiger partial charge in [-0.3, -0.25) is 9.59 Å². The Hall–Kier alpha value is -1.86. The molecule has 3 N–H and O–H groups in total. The summed E-state index contributed by atoms with van der Waals surface area (Å²) in [4.78, 5) is 25.9. The SMILES string of the molecule is O=C(NCCO)C1=CC(Oc2ccccc2I)C(O)C(N(CC(F)(F)F)C(=O)C2CC2)C1. The van der Waals surface area contributed by atoms with Crippen LogP contribution in [0.1, 0.15) is 19.3 Å².